The molecule has 0 saturated heterocycles. The quantitative estimate of drug-likeness (QED) is 0.309. The van der Waals surface area contributed by atoms with Crippen molar-refractivity contribution < 1.29 is 23.7 Å². The Morgan fingerprint density at radius 3 is 2.38 bits per heavy atom. The summed E-state index contributed by atoms with van der Waals surface area (Å²) in [5, 5.41) is 4.40. The van der Waals surface area contributed by atoms with Crippen LogP contribution in [0.4, 0.5) is 0 Å². The Bertz CT molecular complexity index is 1160. The first kappa shape index (κ1) is 24.9. The average molecular weight is 483 g/mol. The van der Waals surface area contributed by atoms with Crippen LogP contribution in [0.25, 0.3) is 0 Å². The number of nitrogens with zero attached hydrogens (tertiary/aromatic N) is 1. The Kier molecular flexibility index (Phi) is 8.76. The highest BCUT2D eigenvalue weighted by Gasteiger charge is 2.13. The molecule has 0 aliphatic rings. The monoisotopic (exact) mass is 482 g/mol. The lowest BCUT2D eigenvalue weighted by Gasteiger charge is -2.13. The summed E-state index contributed by atoms with van der Waals surface area (Å²) in [6.45, 7) is 4.75. The molecule has 0 saturated carbocycles. The van der Waals surface area contributed by atoms with Crippen molar-refractivity contribution in [2.75, 3.05) is 20.8 Å². The molecule has 0 atom stereocenters. The van der Waals surface area contributed by atoms with Gasteiger partial charge in [0.1, 0.15) is 6.61 Å². The van der Waals surface area contributed by atoms with Crippen molar-refractivity contribution in [3.8, 4) is 23.0 Å². The lowest BCUT2D eigenvalue weighted by molar-refractivity contribution is 0.0954. The van der Waals surface area contributed by atoms with E-state index in [1.54, 1.807) is 30.3 Å². The molecule has 34 heavy (non-hydrogen) atoms. The maximum atomic E-state index is 12.5. The molecule has 3 aromatic carbocycles. The maximum absolute atomic E-state index is 12.5. The number of aryl methyl sites for hydroxylation is 1. The van der Waals surface area contributed by atoms with Crippen LogP contribution in [0, 0.1) is 6.92 Å². The van der Waals surface area contributed by atoms with E-state index in [0.29, 0.717) is 52.4 Å². The number of carbonyl (C=O) groups excluding carboxylic acids is 1. The second-order valence-electron chi connectivity index (χ2n) is 7.31. The van der Waals surface area contributed by atoms with Gasteiger partial charge in [0.2, 0.25) is 0 Å². The molecule has 3 rings (SSSR count). The van der Waals surface area contributed by atoms with Crippen molar-refractivity contribution in [1.29, 1.82) is 0 Å². The van der Waals surface area contributed by atoms with Gasteiger partial charge < -0.3 is 18.9 Å². The van der Waals surface area contributed by atoms with Gasteiger partial charge in [0.25, 0.3) is 5.91 Å². The number of ether oxygens (including phenoxy) is 4. The third-order valence-electron chi connectivity index (χ3n) is 4.86. The van der Waals surface area contributed by atoms with Crippen LogP contribution < -0.4 is 24.4 Å². The van der Waals surface area contributed by atoms with Crippen molar-refractivity contribution >= 4 is 23.7 Å². The summed E-state index contributed by atoms with van der Waals surface area (Å²) in [5.41, 5.74) is 5.70. The van der Waals surface area contributed by atoms with Crippen LogP contribution in [0.2, 0.25) is 5.02 Å². The SMILES string of the molecule is CCOc1ccc(C(=O)N/N=C/c2cc(Cl)c(OCc3ccc(C)cc3)c(OC)c2)cc1OC. The predicted molar refractivity (Wildman–Crippen MR) is 133 cm³/mol. The number of halogens is 1. The minimum Gasteiger partial charge on any atom is -0.493 e. The summed E-state index contributed by atoms with van der Waals surface area (Å²) in [6.07, 6.45) is 1.47. The lowest BCUT2D eigenvalue weighted by atomic mass is 10.1. The van der Waals surface area contributed by atoms with E-state index in [2.05, 4.69) is 10.5 Å². The van der Waals surface area contributed by atoms with Crippen LogP contribution in [-0.2, 0) is 6.61 Å². The van der Waals surface area contributed by atoms with Crippen molar-refractivity contribution in [2.24, 2.45) is 5.10 Å². The highest BCUT2D eigenvalue weighted by atomic mass is 35.5. The van der Waals surface area contributed by atoms with Gasteiger partial charge in [-0.15, -0.1) is 0 Å². The van der Waals surface area contributed by atoms with Crippen LogP contribution in [0.15, 0.2) is 59.7 Å². The van der Waals surface area contributed by atoms with Gasteiger partial charge in [-0.25, -0.2) is 5.43 Å². The zero-order valence-electron chi connectivity index (χ0n) is 19.6. The highest BCUT2D eigenvalue weighted by molar-refractivity contribution is 6.32. The van der Waals surface area contributed by atoms with Gasteiger partial charge in [0, 0.05) is 5.56 Å². The number of benzene rings is 3. The zero-order chi connectivity index (χ0) is 24.5. The molecule has 0 aromatic heterocycles. The molecule has 1 N–H and O–H groups in total. The molecular formula is C26H27ClN2O5. The normalized spacial score (nSPS) is 10.7. The molecule has 7 nitrogen and oxygen atoms in total. The minimum atomic E-state index is -0.395. The molecular weight excluding hydrogens is 456 g/mol. The Balaban J connectivity index is 1.68. The zero-order valence-corrected chi connectivity index (χ0v) is 20.3. The maximum Gasteiger partial charge on any atom is 0.271 e. The largest absolute Gasteiger partial charge is 0.493 e. The van der Waals surface area contributed by atoms with Crippen molar-refractivity contribution in [3.63, 3.8) is 0 Å². The molecule has 0 bridgehead atoms. The van der Waals surface area contributed by atoms with E-state index in [0.717, 1.165) is 5.56 Å². The average Bonchev–Trinajstić information content (AvgIpc) is 2.84. The number of rotatable bonds is 10. The van der Waals surface area contributed by atoms with Gasteiger partial charge in [-0.1, -0.05) is 41.4 Å². The van der Waals surface area contributed by atoms with Gasteiger partial charge >= 0.3 is 0 Å². The molecule has 0 fully saturated rings. The number of hydrogen-bond donors (Lipinski definition) is 1. The van der Waals surface area contributed by atoms with E-state index in [9.17, 15) is 4.79 Å². The Hall–Kier alpha value is -3.71. The summed E-state index contributed by atoms with van der Waals surface area (Å²) in [5.74, 6) is 1.54. The molecule has 0 aliphatic heterocycles. The van der Waals surface area contributed by atoms with E-state index in [1.165, 1.54) is 26.0 Å². The summed E-state index contributed by atoms with van der Waals surface area (Å²) in [6, 6.07) is 16.4. The second-order valence-corrected chi connectivity index (χ2v) is 7.71. The van der Waals surface area contributed by atoms with Crippen LogP contribution in [-0.4, -0.2) is 32.9 Å². The molecule has 0 radical (unpaired) electrons. The summed E-state index contributed by atoms with van der Waals surface area (Å²) < 4.78 is 22.1. The van der Waals surface area contributed by atoms with E-state index in [4.69, 9.17) is 30.5 Å². The van der Waals surface area contributed by atoms with Gasteiger partial charge in [0.05, 0.1) is 32.1 Å². The Morgan fingerprint density at radius 1 is 0.971 bits per heavy atom. The van der Waals surface area contributed by atoms with Crippen molar-refractivity contribution in [2.45, 2.75) is 20.5 Å². The third kappa shape index (κ3) is 6.42. The molecule has 1 amide bonds. The van der Waals surface area contributed by atoms with Crippen molar-refractivity contribution in [1.82, 2.24) is 5.43 Å². The molecule has 0 spiro atoms. The number of nitrogens with one attached hydrogen (secondary N) is 1. The predicted octanol–water partition coefficient (Wildman–Crippen LogP) is 5.41. The fraction of sp³-hybridized carbons (Fsp3) is 0.231. The van der Waals surface area contributed by atoms with Gasteiger partial charge in [-0.2, -0.15) is 5.10 Å². The summed E-state index contributed by atoms with van der Waals surface area (Å²) in [7, 11) is 3.05. The number of amides is 1. The topological polar surface area (TPSA) is 78.4 Å². The Labute approximate surface area is 204 Å². The first-order valence-corrected chi connectivity index (χ1v) is 11.0. The summed E-state index contributed by atoms with van der Waals surface area (Å²) >= 11 is 6.44. The molecule has 3 aromatic rings. The smallest absolute Gasteiger partial charge is 0.271 e. The number of hydrazone groups is 1. The van der Waals surface area contributed by atoms with Crippen LogP contribution in [0.5, 0.6) is 23.0 Å². The first-order chi connectivity index (χ1) is 16.4. The van der Waals surface area contributed by atoms with E-state index >= 15 is 0 Å². The summed E-state index contributed by atoms with van der Waals surface area (Å²) in [4.78, 5) is 12.5. The van der Waals surface area contributed by atoms with Gasteiger partial charge in [-0.3, -0.25) is 4.79 Å². The van der Waals surface area contributed by atoms with Crippen LogP contribution in [0.3, 0.4) is 0 Å². The number of methoxy groups -OCH3 is 2. The third-order valence-corrected chi connectivity index (χ3v) is 5.14. The fourth-order valence-corrected chi connectivity index (χ4v) is 3.38. The minimum absolute atomic E-state index is 0.353. The van der Waals surface area contributed by atoms with E-state index < -0.39 is 5.91 Å². The van der Waals surface area contributed by atoms with Gasteiger partial charge in [-0.05, 0) is 55.3 Å². The fourth-order valence-electron chi connectivity index (χ4n) is 3.11. The first-order valence-electron chi connectivity index (χ1n) is 10.6. The standard InChI is InChI=1S/C26H27ClN2O5/c1-5-33-22-11-10-20(14-23(22)31-3)26(30)29-28-15-19-12-21(27)25(24(13-19)32-4)34-16-18-8-6-17(2)7-9-18/h6-15H,5,16H2,1-4H3,(H,29,30)/b28-15+. The second kappa shape index (κ2) is 12.0. The van der Waals surface area contributed by atoms with Crippen molar-refractivity contribution in [3.05, 3.63) is 81.9 Å². The van der Waals surface area contributed by atoms with Crippen LogP contribution in [0.1, 0.15) is 34.0 Å². The Morgan fingerprint density at radius 2 is 1.71 bits per heavy atom. The molecule has 8 heteroatoms. The lowest BCUT2D eigenvalue weighted by Crippen LogP contribution is -2.17. The number of carbonyl (C=O) groups is 1. The van der Waals surface area contributed by atoms with E-state index in [-0.39, 0.29) is 0 Å². The molecule has 0 unspecified atom stereocenters. The molecule has 178 valence electrons. The van der Waals surface area contributed by atoms with E-state index in [1.807, 2.05) is 38.1 Å². The number of hydrogen-bond acceptors (Lipinski definition) is 6. The van der Waals surface area contributed by atoms with Gasteiger partial charge in [0.15, 0.2) is 23.0 Å². The molecule has 0 aliphatic carbocycles. The highest BCUT2D eigenvalue weighted by Crippen LogP contribution is 2.36. The molecule has 0 heterocycles. The van der Waals surface area contributed by atoms with Crippen LogP contribution >= 0.6 is 11.6 Å².